The summed E-state index contributed by atoms with van der Waals surface area (Å²) < 4.78 is 15.8. The highest BCUT2D eigenvalue weighted by atomic mass is 35.5. The molecular formula is C16H18ClNO5. The molecule has 2 heterocycles. The van der Waals surface area contributed by atoms with Crippen molar-refractivity contribution in [3.05, 3.63) is 24.3 Å². The van der Waals surface area contributed by atoms with Crippen LogP contribution in [0.15, 0.2) is 24.3 Å². The number of amides is 1. The number of hydrogen-bond acceptors (Lipinski definition) is 5. The second-order valence-corrected chi connectivity index (χ2v) is 6.32. The molecular weight excluding hydrogens is 322 g/mol. The van der Waals surface area contributed by atoms with E-state index in [9.17, 15) is 9.59 Å². The average molecular weight is 340 g/mol. The lowest BCUT2D eigenvalue weighted by Gasteiger charge is -2.26. The van der Waals surface area contributed by atoms with Crippen LogP contribution in [0.1, 0.15) is 26.2 Å². The van der Waals surface area contributed by atoms with Gasteiger partial charge >= 0.3 is 12.1 Å². The van der Waals surface area contributed by atoms with Crippen LogP contribution in [0.4, 0.5) is 10.5 Å². The van der Waals surface area contributed by atoms with E-state index in [4.69, 9.17) is 25.8 Å². The number of ether oxygens (including phenoxy) is 3. The van der Waals surface area contributed by atoms with Crippen molar-refractivity contribution < 1.29 is 23.8 Å². The van der Waals surface area contributed by atoms with E-state index in [-0.39, 0.29) is 12.2 Å². The predicted octanol–water partition coefficient (Wildman–Crippen LogP) is 3.09. The first kappa shape index (κ1) is 16.1. The fourth-order valence-electron chi connectivity index (χ4n) is 2.95. The minimum atomic E-state index is -1.09. The van der Waals surface area contributed by atoms with Crippen LogP contribution >= 0.6 is 11.6 Å². The number of rotatable bonds is 4. The quantitative estimate of drug-likeness (QED) is 0.518. The van der Waals surface area contributed by atoms with Gasteiger partial charge < -0.3 is 14.2 Å². The highest BCUT2D eigenvalue weighted by molar-refractivity contribution is 6.35. The van der Waals surface area contributed by atoms with E-state index in [0.29, 0.717) is 24.5 Å². The molecule has 2 saturated heterocycles. The zero-order chi connectivity index (χ0) is 16.4. The number of carbonyl (C=O) groups is 2. The van der Waals surface area contributed by atoms with Crippen molar-refractivity contribution in [1.82, 2.24) is 0 Å². The van der Waals surface area contributed by atoms with E-state index in [1.807, 2.05) is 0 Å². The van der Waals surface area contributed by atoms with Gasteiger partial charge in [-0.25, -0.2) is 9.59 Å². The summed E-state index contributed by atoms with van der Waals surface area (Å²) in [6.45, 7) is 2.02. The van der Waals surface area contributed by atoms with Gasteiger partial charge in [-0.1, -0.05) is 0 Å². The summed E-state index contributed by atoms with van der Waals surface area (Å²) in [5, 5.41) is 2.56. The van der Waals surface area contributed by atoms with E-state index in [2.05, 4.69) is 5.32 Å². The van der Waals surface area contributed by atoms with Gasteiger partial charge in [-0.15, -0.1) is 11.6 Å². The number of nitrogens with one attached hydrogen (secondary N) is 1. The molecule has 124 valence electrons. The summed E-state index contributed by atoms with van der Waals surface area (Å²) in [4.78, 5) is 22.6. The lowest BCUT2D eigenvalue weighted by atomic mass is 9.88. The van der Waals surface area contributed by atoms with Gasteiger partial charge in [0, 0.05) is 12.1 Å². The van der Waals surface area contributed by atoms with E-state index < -0.39 is 16.9 Å². The highest BCUT2D eigenvalue weighted by Gasteiger charge is 2.57. The van der Waals surface area contributed by atoms with Crippen molar-refractivity contribution in [2.45, 2.75) is 43.3 Å². The van der Waals surface area contributed by atoms with E-state index in [1.54, 1.807) is 31.2 Å². The number of fused-ring (bicyclic) bond motifs is 2. The van der Waals surface area contributed by atoms with Gasteiger partial charge in [-0.2, -0.15) is 0 Å². The fraction of sp³-hybridized carbons (Fsp3) is 0.500. The summed E-state index contributed by atoms with van der Waals surface area (Å²) in [6, 6.07) is 6.43. The zero-order valence-electron chi connectivity index (χ0n) is 12.7. The second-order valence-electron chi connectivity index (χ2n) is 5.65. The van der Waals surface area contributed by atoms with Gasteiger partial charge in [0.05, 0.1) is 18.8 Å². The smallest absolute Gasteiger partial charge is 0.411 e. The first-order valence-electron chi connectivity index (χ1n) is 7.62. The number of halogens is 1. The summed E-state index contributed by atoms with van der Waals surface area (Å²) >= 11 is 6.43. The standard InChI is InChI=1S/C16H18ClNO5/c1-2-21-15(20)18-10-3-5-11(6-4-10)23-14(19)16(17)9-12-7-8-13(16)22-12/h3-6,12-13H,2,7-9H2,1H3,(H,18,20). The third kappa shape index (κ3) is 3.28. The van der Waals surface area contributed by atoms with Crippen LogP contribution in [0, 0.1) is 0 Å². The Hall–Kier alpha value is -1.79. The third-order valence-electron chi connectivity index (χ3n) is 4.07. The van der Waals surface area contributed by atoms with Crippen molar-refractivity contribution in [3.8, 4) is 5.75 Å². The summed E-state index contributed by atoms with van der Waals surface area (Å²) in [6.07, 6.45) is 1.47. The first-order chi connectivity index (χ1) is 11.0. The molecule has 2 aliphatic rings. The molecule has 3 unspecified atom stereocenters. The molecule has 0 aromatic heterocycles. The molecule has 0 aliphatic carbocycles. The predicted molar refractivity (Wildman–Crippen MR) is 83.8 cm³/mol. The number of benzene rings is 1. The van der Waals surface area contributed by atoms with Crippen LogP contribution in [0.2, 0.25) is 0 Å². The Balaban J connectivity index is 1.60. The van der Waals surface area contributed by atoms with Crippen LogP contribution in [0.3, 0.4) is 0 Å². The van der Waals surface area contributed by atoms with Crippen LogP contribution < -0.4 is 10.1 Å². The number of anilines is 1. The van der Waals surface area contributed by atoms with Crippen LogP contribution in [0.25, 0.3) is 0 Å². The van der Waals surface area contributed by atoms with Crippen LogP contribution in [-0.4, -0.2) is 35.8 Å². The summed E-state index contributed by atoms with van der Waals surface area (Å²) in [7, 11) is 0. The number of carbonyl (C=O) groups excluding carboxylic acids is 2. The topological polar surface area (TPSA) is 73.9 Å². The van der Waals surface area contributed by atoms with Crippen molar-refractivity contribution in [2.24, 2.45) is 0 Å². The highest BCUT2D eigenvalue weighted by Crippen LogP contribution is 2.46. The van der Waals surface area contributed by atoms with Crippen molar-refractivity contribution in [1.29, 1.82) is 0 Å². The zero-order valence-corrected chi connectivity index (χ0v) is 13.5. The Morgan fingerprint density at radius 3 is 2.65 bits per heavy atom. The molecule has 1 N–H and O–H groups in total. The molecule has 2 aliphatic heterocycles. The van der Waals surface area contributed by atoms with Gasteiger partial charge in [0.1, 0.15) is 5.75 Å². The van der Waals surface area contributed by atoms with E-state index in [0.717, 1.165) is 12.8 Å². The van der Waals surface area contributed by atoms with E-state index >= 15 is 0 Å². The van der Waals surface area contributed by atoms with Crippen LogP contribution in [0.5, 0.6) is 5.75 Å². The SMILES string of the molecule is CCOC(=O)Nc1ccc(OC(=O)C2(Cl)CC3CCC2O3)cc1. The van der Waals surface area contributed by atoms with Gasteiger partial charge in [0.15, 0.2) is 4.87 Å². The maximum Gasteiger partial charge on any atom is 0.411 e. The molecule has 3 atom stereocenters. The fourth-order valence-corrected chi connectivity index (χ4v) is 3.32. The van der Waals surface area contributed by atoms with E-state index in [1.165, 1.54) is 0 Å². The van der Waals surface area contributed by atoms with Gasteiger partial charge in [0.25, 0.3) is 0 Å². The molecule has 1 aromatic rings. The third-order valence-corrected chi connectivity index (χ3v) is 4.62. The van der Waals surface area contributed by atoms with Crippen molar-refractivity contribution in [3.63, 3.8) is 0 Å². The largest absolute Gasteiger partial charge is 0.450 e. The Labute approximate surface area is 139 Å². The Morgan fingerprint density at radius 1 is 1.35 bits per heavy atom. The molecule has 2 fully saturated rings. The summed E-state index contributed by atoms with van der Waals surface area (Å²) in [5.74, 6) is -0.121. The van der Waals surface area contributed by atoms with Crippen molar-refractivity contribution >= 4 is 29.4 Å². The monoisotopic (exact) mass is 339 g/mol. The van der Waals surface area contributed by atoms with Crippen molar-refractivity contribution in [2.75, 3.05) is 11.9 Å². The Bertz CT molecular complexity index is 605. The number of alkyl halides is 1. The molecule has 0 radical (unpaired) electrons. The minimum absolute atomic E-state index is 0.0567. The lowest BCUT2D eigenvalue weighted by Crippen LogP contribution is -2.44. The molecule has 0 spiro atoms. The molecule has 7 heteroatoms. The van der Waals surface area contributed by atoms with Crippen LogP contribution in [-0.2, 0) is 14.3 Å². The molecule has 3 rings (SSSR count). The molecule has 23 heavy (non-hydrogen) atoms. The molecule has 2 bridgehead atoms. The maximum absolute atomic E-state index is 12.4. The number of hydrogen-bond donors (Lipinski definition) is 1. The molecule has 1 aromatic carbocycles. The van der Waals surface area contributed by atoms with Gasteiger partial charge in [-0.3, -0.25) is 5.32 Å². The number of esters is 1. The Morgan fingerprint density at radius 2 is 2.09 bits per heavy atom. The second kappa shape index (κ2) is 6.37. The minimum Gasteiger partial charge on any atom is -0.450 e. The molecule has 6 nitrogen and oxygen atoms in total. The maximum atomic E-state index is 12.4. The normalized spacial score (nSPS) is 28.4. The lowest BCUT2D eigenvalue weighted by molar-refractivity contribution is -0.138. The molecule has 0 saturated carbocycles. The summed E-state index contributed by atoms with van der Waals surface area (Å²) in [5.41, 5.74) is 0.548. The first-order valence-corrected chi connectivity index (χ1v) is 7.99. The molecule has 1 amide bonds. The van der Waals surface area contributed by atoms with Gasteiger partial charge in [0.2, 0.25) is 0 Å². The van der Waals surface area contributed by atoms with Gasteiger partial charge in [-0.05, 0) is 44.0 Å². The average Bonchev–Trinajstić information content (AvgIpc) is 3.10. The Kier molecular flexibility index (Phi) is 4.46.